The minimum atomic E-state index is -0.0725. The van der Waals surface area contributed by atoms with Crippen molar-refractivity contribution in [3.8, 4) is 0 Å². The molecule has 1 rings (SSSR count). The van der Waals surface area contributed by atoms with Crippen LogP contribution in [-0.2, 0) is 0 Å². The summed E-state index contributed by atoms with van der Waals surface area (Å²) in [6.45, 7) is 3.48. The Kier molecular flexibility index (Phi) is 3.12. The summed E-state index contributed by atoms with van der Waals surface area (Å²) >= 11 is 11.4. The number of ketones is 1. The van der Waals surface area contributed by atoms with Crippen molar-refractivity contribution in [3.63, 3.8) is 0 Å². The topological polar surface area (TPSA) is 17.1 Å². The number of carbonyl (C=O) groups excluding carboxylic acids is 1. The minimum Gasteiger partial charge on any atom is -0.294 e. The first kappa shape index (κ1) is 9.56. The van der Waals surface area contributed by atoms with Gasteiger partial charge in [0, 0.05) is 17.0 Å². The number of hydrogen-bond acceptors (Lipinski definition) is 1. The average molecular weight is 202 g/mol. The normalized spacial score (nSPS) is 9.92. The van der Waals surface area contributed by atoms with E-state index in [0.717, 1.165) is 0 Å². The fraction of sp³-hybridized carbons (Fsp3) is 0.111. The molecule has 0 fully saturated rings. The van der Waals surface area contributed by atoms with Gasteiger partial charge in [0.15, 0.2) is 5.78 Å². The van der Waals surface area contributed by atoms with Crippen LogP contribution in [0.3, 0.4) is 0 Å². The van der Waals surface area contributed by atoms with Gasteiger partial charge in [0.2, 0.25) is 0 Å². The molecule has 0 atom stereocenters. The van der Waals surface area contributed by atoms with Gasteiger partial charge in [-0.2, -0.15) is 0 Å². The molecule has 0 amide bonds. The Morgan fingerprint density at radius 1 is 1.42 bits per heavy atom. The first-order chi connectivity index (χ1) is 5.65. The lowest BCUT2D eigenvalue weighted by molar-refractivity contribution is 0.0995. The lowest BCUT2D eigenvalue weighted by atomic mass is 10.1. The maximum absolute atomic E-state index is 11.2. The van der Waals surface area contributed by atoms with Crippen LogP contribution in [0.5, 0.6) is 0 Å². The van der Waals surface area contributed by atoms with E-state index in [-0.39, 0.29) is 12.2 Å². The molecule has 0 aromatic heterocycles. The summed E-state index contributed by atoms with van der Waals surface area (Å²) in [5.74, 6) is -0.0725. The van der Waals surface area contributed by atoms with E-state index >= 15 is 0 Å². The molecule has 0 bridgehead atoms. The molecule has 12 heavy (non-hydrogen) atoms. The summed E-state index contributed by atoms with van der Waals surface area (Å²) in [5, 5.41) is 0.914. The second-order valence-electron chi connectivity index (χ2n) is 2.30. The third-order valence-electron chi connectivity index (χ3n) is 1.46. The van der Waals surface area contributed by atoms with Crippen molar-refractivity contribution in [1.29, 1.82) is 0 Å². The number of hydrogen-bond donors (Lipinski definition) is 0. The quantitative estimate of drug-likeness (QED) is 0.671. The molecule has 1 aromatic carbocycles. The van der Waals surface area contributed by atoms with E-state index < -0.39 is 0 Å². The highest BCUT2D eigenvalue weighted by atomic mass is 35.5. The third-order valence-corrected chi connectivity index (χ3v) is 2.01. The molecule has 0 saturated carbocycles. The van der Waals surface area contributed by atoms with E-state index in [1.165, 1.54) is 0 Å². The summed E-state index contributed by atoms with van der Waals surface area (Å²) in [6, 6.07) is 4.79. The number of rotatable bonds is 2. The zero-order valence-corrected chi connectivity index (χ0v) is 7.82. The van der Waals surface area contributed by atoms with E-state index in [1.807, 2.05) is 0 Å². The average Bonchev–Trinajstić information content (AvgIpc) is 2.03. The van der Waals surface area contributed by atoms with Crippen LogP contribution in [0.15, 0.2) is 18.2 Å². The molecule has 0 N–H and O–H groups in total. The molecule has 3 heteroatoms. The third kappa shape index (κ3) is 1.99. The second-order valence-corrected chi connectivity index (χ2v) is 3.14. The standard InChI is InChI=1S/C9H7Cl2O/c1-2-9(12)7-4-3-6(10)5-8(7)11/h3-5H,1-2H2. The van der Waals surface area contributed by atoms with Crippen molar-refractivity contribution in [1.82, 2.24) is 0 Å². The monoisotopic (exact) mass is 201 g/mol. The van der Waals surface area contributed by atoms with Crippen molar-refractivity contribution in [2.45, 2.75) is 6.42 Å². The van der Waals surface area contributed by atoms with E-state index in [0.29, 0.717) is 15.6 Å². The Labute approximate surface area is 81.3 Å². The molecule has 63 valence electrons. The molecule has 0 unspecified atom stereocenters. The molecule has 0 aliphatic carbocycles. The number of Topliss-reactive ketones (excluding diaryl/α,β-unsaturated/α-hetero) is 1. The van der Waals surface area contributed by atoms with Gasteiger partial charge in [-0.25, -0.2) is 0 Å². The predicted molar refractivity (Wildman–Crippen MR) is 50.8 cm³/mol. The number of carbonyl (C=O) groups is 1. The van der Waals surface area contributed by atoms with E-state index in [2.05, 4.69) is 6.92 Å². The van der Waals surface area contributed by atoms with Gasteiger partial charge in [0.25, 0.3) is 0 Å². The molecule has 0 heterocycles. The molecule has 0 spiro atoms. The summed E-state index contributed by atoms with van der Waals surface area (Å²) in [6.07, 6.45) is 0.210. The Hall–Kier alpha value is -0.530. The van der Waals surface area contributed by atoms with Crippen LogP contribution in [0.1, 0.15) is 16.8 Å². The van der Waals surface area contributed by atoms with Crippen molar-refractivity contribution < 1.29 is 4.79 Å². The van der Waals surface area contributed by atoms with Crippen molar-refractivity contribution in [2.24, 2.45) is 0 Å². The minimum absolute atomic E-state index is 0.0725. The maximum atomic E-state index is 11.2. The smallest absolute Gasteiger partial charge is 0.164 e. The largest absolute Gasteiger partial charge is 0.294 e. The van der Waals surface area contributed by atoms with Crippen LogP contribution in [0, 0.1) is 6.92 Å². The Bertz CT molecular complexity index is 307. The van der Waals surface area contributed by atoms with Crippen LogP contribution in [0.25, 0.3) is 0 Å². The lowest BCUT2D eigenvalue weighted by Crippen LogP contribution is -1.96. The van der Waals surface area contributed by atoms with Crippen molar-refractivity contribution in [2.75, 3.05) is 0 Å². The highest BCUT2D eigenvalue weighted by Gasteiger charge is 2.07. The van der Waals surface area contributed by atoms with Gasteiger partial charge in [0.05, 0.1) is 5.02 Å². The number of halogens is 2. The Morgan fingerprint density at radius 2 is 2.08 bits per heavy atom. The summed E-state index contributed by atoms with van der Waals surface area (Å²) < 4.78 is 0. The Balaban J connectivity index is 3.09. The SMILES string of the molecule is [CH2]CC(=O)c1ccc(Cl)cc1Cl. The second kappa shape index (κ2) is 3.92. The van der Waals surface area contributed by atoms with Gasteiger partial charge in [-0.1, -0.05) is 23.2 Å². The fourth-order valence-corrected chi connectivity index (χ4v) is 1.36. The summed E-state index contributed by atoms with van der Waals surface area (Å²) in [5.41, 5.74) is 0.482. The van der Waals surface area contributed by atoms with E-state index in [1.54, 1.807) is 18.2 Å². The molecular weight excluding hydrogens is 195 g/mol. The van der Waals surface area contributed by atoms with Crippen molar-refractivity contribution in [3.05, 3.63) is 40.7 Å². The first-order valence-electron chi connectivity index (χ1n) is 3.42. The molecule has 0 aliphatic heterocycles. The molecular formula is C9H7Cl2O. The van der Waals surface area contributed by atoms with Crippen molar-refractivity contribution >= 4 is 29.0 Å². The van der Waals surface area contributed by atoms with Gasteiger partial charge < -0.3 is 0 Å². The van der Waals surface area contributed by atoms with Gasteiger partial charge >= 0.3 is 0 Å². The predicted octanol–water partition coefficient (Wildman–Crippen LogP) is 3.40. The maximum Gasteiger partial charge on any atom is 0.164 e. The van der Waals surface area contributed by atoms with Crippen LogP contribution in [-0.4, -0.2) is 5.78 Å². The fourth-order valence-electron chi connectivity index (χ4n) is 0.850. The van der Waals surface area contributed by atoms with Crippen LogP contribution in [0.2, 0.25) is 10.0 Å². The van der Waals surface area contributed by atoms with Crippen LogP contribution < -0.4 is 0 Å². The van der Waals surface area contributed by atoms with Crippen LogP contribution in [0.4, 0.5) is 0 Å². The number of benzene rings is 1. The highest BCUT2D eigenvalue weighted by molar-refractivity contribution is 6.36. The first-order valence-corrected chi connectivity index (χ1v) is 4.18. The summed E-state index contributed by atoms with van der Waals surface area (Å²) in [7, 11) is 0. The zero-order chi connectivity index (χ0) is 9.14. The van der Waals surface area contributed by atoms with E-state index in [4.69, 9.17) is 23.2 Å². The highest BCUT2D eigenvalue weighted by Crippen LogP contribution is 2.21. The van der Waals surface area contributed by atoms with Gasteiger partial charge in [-0.3, -0.25) is 4.79 Å². The Morgan fingerprint density at radius 3 is 2.58 bits per heavy atom. The molecule has 0 aliphatic rings. The molecule has 1 aromatic rings. The van der Waals surface area contributed by atoms with Gasteiger partial charge in [-0.05, 0) is 25.1 Å². The summed E-state index contributed by atoms with van der Waals surface area (Å²) in [4.78, 5) is 11.2. The van der Waals surface area contributed by atoms with E-state index in [9.17, 15) is 4.79 Å². The van der Waals surface area contributed by atoms with Gasteiger partial charge in [0.1, 0.15) is 0 Å². The molecule has 0 saturated heterocycles. The molecule has 1 radical (unpaired) electrons. The van der Waals surface area contributed by atoms with Crippen LogP contribution >= 0.6 is 23.2 Å². The molecule has 1 nitrogen and oxygen atoms in total. The zero-order valence-electron chi connectivity index (χ0n) is 6.31. The van der Waals surface area contributed by atoms with Gasteiger partial charge in [-0.15, -0.1) is 0 Å². The lowest BCUT2D eigenvalue weighted by Gasteiger charge is -2.00.